The van der Waals surface area contributed by atoms with Gasteiger partial charge in [0.15, 0.2) is 5.11 Å². The second-order valence-electron chi connectivity index (χ2n) is 7.81. The number of likely N-dealkylation sites (N-methyl/N-ethyl adjacent to an activating group) is 1. The molecular formula is C23H25BrN4OS. The van der Waals surface area contributed by atoms with Crippen LogP contribution in [0.15, 0.2) is 63.6 Å². The lowest BCUT2D eigenvalue weighted by molar-refractivity contribution is 0.250. The highest BCUT2D eigenvalue weighted by atomic mass is 79.9. The fourth-order valence-corrected chi connectivity index (χ4v) is 4.76. The molecule has 0 amide bonds. The van der Waals surface area contributed by atoms with Crippen molar-refractivity contribution >= 4 is 33.3 Å². The van der Waals surface area contributed by atoms with E-state index >= 15 is 0 Å². The van der Waals surface area contributed by atoms with Crippen LogP contribution in [0.1, 0.15) is 29.1 Å². The van der Waals surface area contributed by atoms with Crippen molar-refractivity contribution in [2.75, 3.05) is 27.2 Å². The van der Waals surface area contributed by atoms with E-state index in [4.69, 9.17) is 16.6 Å². The molecule has 3 aromatic rings. The molecule has 1 aliphatic rings. The van der Waals surface area contributed by atoms with Gasteiger partial charge in [-0.1, -0.05) is 28.1 Å². The van der Waals surface area contributed by atoms with Crippen LogP contribution in [-0.4, -0.2) is 47.1 Å². The minimum atomic E-state index is -0.0682. The molecule has 1 saturated heterocycles. The summed E-state index contributed by atoms with van der Waals surface area (Å²) in [5.74, 6) is 1.71. The van der Waals surface area contributed by atoms with Gasteiger partial charge in [-0.3, -0.25) is 4.98 Å². The van der Waals surface area contributed by atoms with E-state index in [1.54, 1.807) is 0 Å². The molecule has 2 aromatic heterocycles. The van der Waals surface area contributed by atoms with Crippen molar-refractivity contribution in [1.29, 1.82) is 0 Å². The highest BCUT2D eigenvalue weighted by Gasteiger charge is 2.41. The zero-order chi connectivity index (χ0) is 21.3. The zero-order valence-electron chi connectivity index (χ0n) is 17.3. The van der Waals surface area contributed by atoms with Crippen LogP contribution in [0.25, 0.3) is 11.3 Å². The van der Waals surface area contributed by atoms with Gasteiger partial charge in [-0.05, 0) is 75.2 Å². The Bertz CT molecular complexity index is 1040. The quantitative estimate of drug-likeness (QED) is 0.499. The van der Waals surface area contributed by atoms with E-state index in [1.165, 1.54) is 5.56 Å². The molecular weight excluding hydrogens is 460 g/mol. The number of aromatic nitrogens is 1. The summed E-state index contributed by atoms with van der Waals surface area (Å²) in [6.07, 6.45) is 1.82. The SMILES string of the molecule is Cc1ccc(-c2ccc([C@H]3[C@H](c4ccccn4)NC(=S)N3CCN(C)C)o2)c(Br)c1. The summed E-state index contributed by atoms with van der Waals surface area (Å²) in [5, 5.41) is 4.20. The summed E-state index contributed by atoms with van der Waals surface area (Å²) < 4.78 is 7.42. The molecule has 7 heteroatoms. The second-order valence-corrected chi connectivity index (χ2v) is 9.05. The van der Waals surface area contributed by atoms with E-state index in [-0.39, 0.29) is 12.1 Å². The van der Waals surface area contributed by atoms with Gasteiger partial charge in [-0.2, -0.15) is 0 Å². The monoisotopic (exact) mass is 484 g/mol. The standard InChI is InChI=1S/C23H25BrN4OS/c1-15-7-8-16(17(24)14-15)19-9-10-20(29-19)22-21(18-6-4-5-11-25-18)26-23(30)28(22)13-12-27(2)3/h4-11,14,21-22H,12-13H2,1-3H3,(H,26,30)/t21-,22-/m0/s1. The van der Waals surface area contributed by atoms with Gasteiger partial charge in [0.2, 0.25) is 0 Å². The van der Waals surface area contributed by atoms with Crippen molar-refractivity contribution in [3.8, 4) is 11.3 Å². The maximum absolute atomic E-state index is 6.40. The summed E-state index contributed by atoms with van der Waals surface area (Å²) in [6.45, 7) is 3.77. The molecule has 0 aliphatic carbocycles. The zero-order valence-corrected chi connectivity index (χ0v) is 19.7. The van der Waals surface area contributed by atoms with Crippen LogP contribution in [0.5, 0.6) is 0 Å². The number of furan rings is 1. The van der Waals surface area contributed by atoms with Gasteiger partial charge < -0.3 is 19.5 Å². The lowest BCUT2D eigenvalue weighted by Crippen LogP contribution is -2.35. The molecule has 1 aromatic carbocycles. The highest BCUT2D eigenvalue weighted by molar-refractivity contribution is 9.10. The van der Waals surface area contributed by atoms with Crippen LogP contribution in [0.3, 0.4) is 0 Å². The lowest BCUT2D eigenvalue weighted by Gasteiger charge is -2.27. The smallest absolute Gasteiger partial charge is 0.170 e. The molecule has 1 N–H and O–H groups in total. The number of pyridine rings is 1. The summed E-state index contributed by atoms with van der Waals surface area (Å²) in [5.41, 5.74) is 3.19. The van der Waals surface area contributed by atoms with Crippen molar-refractivity contribution in [3.63, 3.8) is 0 Å². The minimum absolute atomic E-state index is 0.0645. The average Bonchev–Trinajstić information content (AvgIpc) is 3.31. The Morgan fingerprint density at radius 1 is 1.20 bits per heavy atom. The number of benzene rings is 1. The number of thiocarbonyl (C=S) groups is 1. The summed E-state index contributed by atoms with van der Waals surface area (Å²) in [6, 6.07) is 16.2. The second kappa shape index (κ2) is 8.88. The third-order valence-corrected chi connectivity index (χ3v) is 6.30. The van der Waals surface area contributed by atoms with E-state index < -0.39 is 0 Å². The third kappa shape index (κ3) is 4.29. The van der Waals surface area contributed by atoms with Gasteiger partial charge in [0.05, 0.1) is 11.7 Å². The minimum Gasteiger partial charge on any atom is -0.459 e. The van der Waals surface area contributed by atoms with Crippen LogP contribution in [0.2, 0.25) is 0 Å². The Morgan fingerprint density at radius 3 is 2.73 bits per heavy atom. The first-order chi connectivity index (χ1) is 14.4. The third-order valence-electron chi connectivity index (χ3n) is 5.29. The van der Waals surface area contributed by atoms with Crippen LogP contribution < -0.4 is 5.32 Å². The maximum atomic E-state index is 6.40. The Kier molecular flexibility index (Phi) is 6.22. The Labute approximate surface area is 191 Å². The Balaban J connectivity index is 1.71. The van der Waals surface area contributed by atoms with Gasteiger partial charge in [0.25, 0.3) is 0 Å². The molecule has 30 heavy (non-hydrogen) atoms. The Hall–Kier alpha value is -2.22. The molecule has 0 radical (unpaired) electrons. The summed E-state index contributed by atoms with van der Waals surface area (Å²) in [7, 11) is 4.13. The first-order valence-corrected chi connectivity index (χ1v) is 11.1. The largest absolute Gasteiger partial charge is 0.459 e. The number of nitrogens with one attached hydrogen (secondary N) is 1. The first-order valence-electron chi connectivity index (χ1n) is 9.93. The van der Waals surface area contributed by atoms with Crippen molar-refractivity contribution in [1.82, 2.24) is 20.1 Å². The molecule has 0 bridgehead atoms. The number of hydrogen-bond acceptors (Lipinski definition) is 4. The molecule has 5 nitrogen and oxygen atoms in total. The number of rotatable bonds is 6. The van der Waals surface area contributed by atoms with E-state index in [0.717, 1.165) is 45.5 Å². The first kappa shape index (κ1) is 21.0. The van der Waals surface area contributed by atoms with Gasteiger partial charge in [0.1, 0.15) is 17.6 Å². The van der Waals surface area contributed by atoms with Crippen molar-refractivity contribution in [3.05, 3.63) is 76.2 Å². The van der Waals surface area contributed by atoms with E-state index in [9.17, 15) is 0 Å². The van der Waals surface area contributed by atoms with Crippen LogP contribution in [0.4, 0.5) is 0 Å². The molecule has 0 spiro atoms. The number of halogens is 1. The molecule has 0 unspecified atom stereocenters. The molecule has 0 saturated carbocycles. The van der Waals surface area contributed by atoms with Gasteiger partial charge in [0, 0.05) is 29.3 Å². The predicted molar refractivity (Wildman–Crippen MR) is 127 cm³/mol. The predicted octanol–water partition coefficient (Wildman–Crippen LogP) is 4.95. The van der Waals surface area contributed by atoms with Gasteiger partial charge >= 0.3 is 0 Å². The molecule has 1 aliphatic heterocycles. The van der Waals surface area contributed by atoms with E-state index in [2.05, 4.69) is 81.3 Å². The van der Waals surface area contributed by atoms with Gasteiger partial charge in [-0.15, -0.1) is 0 Å². The normalized spacial score (nSPS) is 18.8. The van der Waals surface area contributed by atoms with Crippen molar-refractivity contribution < 1.29 is 4.42 Å². The molecule has 1 fully saturated rings. The fraction of sp³-hybridized carbons (Fsp3) is 0.304. The number of nitrogens with zero attached hydrogens (tertiary/aromatic N) is 3. The summed E-state index contributed by atoms with van der Waals surface area (Å²) in [4.78, 5) is 8.95. The molecule has 156 valence electrons. The molecule has 2 atom stereocenters. The topological polar surface area (TPSA) is 44.5 Å². The van der Waals surface area contributed by atoms with Crippen LogP contribution >= 0.6 is 28.1 Å². The van der Waals surface area contributed by atoms with Crippen LogP contribution in [0, 0.1) is 6.92 Å². The lowest BCUT2D eigenvalue weighted by atomic mass is 10.0. The van der Waals surface area contributed by atoms with E-state index in [0.29, 0.717) is 0 Å². The fourth-order valence-electron chi connectivity index (χ4n) is 3.74. The van der Waals surface area contributed by atoms with Crippen molar-refractivity contribution in [2.24, 2.45) is 0 Å². The van der Waals surface area contributed by atoms with Gasteiger partial charge in [-0.25, -0.2) is 0 Å². The number of hydrogen-bond donors (Lipinski definition) is 1. The number of aryl methyl sites for hydroxylation is 1. The summed E-state index contributed by atoms with van der Waals surface area (Å²) >= 11 is 9.37. The Morgan fingerprint density at radius 2 is 2.03 bits per heavy atom. The van der Waals surface area contributed by atoms with Crippen molar-refractivity contribution in [2.45, 2.75) is 19.0 Å². The molecule has 3 heterocycles. The molecule has 4 rings (SSSR count). The maximum Gasteiger partial charge on any atom is 0.170 e. The highest BCUT2D eigenvalue weighted by Crippen LogP contribution is 2.41. The van der Waals surface area contributed by atoms with E-state index in [1.807, 2.05) is 30.5 Å². The van der Waals surface area contributed by atoms with Crippen LogP contribution in [-0.2, 0) is 0 Å². The average molecular weight is 485 g/mol.